The first-order valence-electron chi connectivity index (χ1n) is 7.11. The predicted octanol–water partition coefficient (Wildman–Crippen LogP) is 1.32. The molecule has 2 rings (SSSR count). The molecule has 1 aromatic carbocycles. The lowest BCUT2D eigenvalue weighted by Gasteiger charge is -2.09. The zero-order valence-electron chi connectivity index (χ0n) is 13.0. The second kappa shape index (κ2) is 6.89. The van der Waals surface area contributed by atoms with Crippen LogP contribution in [-0.4, -0.2) is 25.9 Å². The number of aryl methyl sites for hydroxylation is 2. The Labute approximate surface area is 135 Å². The van der Waals surface area contributed by atoms with Crippen molar-refractivity contribution in [3.05, 3.63) is 58.9 Å². The molecule has 1 amide bonds. The second-order valence-electron chi connectivity index (χ2n) is 5.28. The van der Waals surface area contributed by atoms with Crippen LogP contribution in [0, 0.1) is 13.8 Å². The number of carbonyl (C=O) groups excluding carboxylic acids is 1. The van der Waals surface area contributed by atoms with Crippen molar-refractivity contribution in [3.8, 4) is 0 Å². The highest BCUT2D eigenvalue weighted by molar-refractivity contribution is 7.89. The number of pyridine rings is 1. The maximum atomic E-state index is 12.2. The van der Waals surface area contributed by atoms with Gasteiger partial charge in [0.15, 0.2) is 0 Å². The molecule has 0 unspecified atom stereocenters. The number of carbonyl (C=O) groups is 1. The molecule has 6 nitrogen and oxygen atoms in total. The summed E-state index contributed by atoms with van der Waals surface area (Å²) in [5.41, 5.74) is 2.98. The Morgan fingerprint density at radius 1 is 1.26 bits per heavy atom. The van der Waals surface area contributed by atoms with Gasteiger partial charge in [-0.25, -0.2) is 13.6 Å². The van der Waals surface area contributed by atoms with Crippen LogP contribution in [0.2, 0.25) is 0 Å². The van der Waals surface area contributed by atoms with Crippen LogP contribution in [-0.2, 0) is 16.4 Å². The molecular formula is C16H19N3O3S. The maximum Gasteiger partial charge on any atom is 0.253 e. The van der Waals surface area contributed by atoms with E-state index in [1.165, 1.54) is 6.07 Å². The Bertz CT molecular complexity index is 832. The van der Waals surface area contributed by atoms with Crippen molar-refractivity contribution in [2.24, 2.45) is 5.14 Å². The van der Waals surface area contributed by atoms with E-state index in [1.807, 2.05) is 31.2 Å². The average Bonchev–Trinajstić information content (AvgIpc) is 2.48. The van der Waals surface area contributed by atoms with Gasteiger partial charge < -0.3 is 5.32 Å². The van der Waals surface area contributed by atoms with Gasteiger partial charge in [0, 0.05) is 12.7 Å². The van der Waals surface area contributed by atoms with E-state index in [4.69, 9.17) is 5.14 Å². The van der Waals surface area contributed by atoms with Crippen molar-refractivity contribution in [2.45, 2.75) is 25.2 Å². The summed E-state index contributed by atoms with van der Waals surface area (Å²) >= 11 is 0. The summed E-state index contributed by atoms with van der Waals surface area (Å²) in [5.74, 6) is -0.367. The van der Waals surface area contributed by atoms with Gasteiger partial charge >= 0.3 is 0 Å². The Balaban J connectivity index is 2.08. The van der Waals surface area contributed by atoms with Crippen molar-refractivity contribution < 1.29 is 13.2 Å². The van der Waals surface area contributed by atoms with Gasteiger partial charge in [0.05, 0.1) is 11.3 Å². The molecule has 0 saturated heterocycles. The lowest BCUT2D eigenvalue weighted by molar-refractivity contribution is 0.0953. The first kappa shape index (κ1) is 17.1. The molecule has 122 valence electrons. The van der Waals surface area contributed by atoms with Gasteiger partial charge in [-0.1, -0.05) is 24.3 Å². The lowest BCUT2D eigenvalue weighted by atomic mass is 10.1. The molecule has 0 spiro atoms. The molecular weight excluding hydrogens is 314 g/mol. The topological polar surface area (TPSA) is 102 Å². The number of benzene rings is 1. The maximum absolute atomic E-state index is 12.2. The molecule has 3 N–H and O–H groups in total. The molecule has 1 heterocycles. The molecule has 0 aliphatic rings. The number of aromatic nitrogens is 1. The fourth-order valence-corrected chi connectivity index (χ4v) is 2.68. The number of nitrogens with zero attached hydrogens (tertiary/aromatic N) is 1. The van der Waals surface area contributed by atoms with Gasteiger partial charge in [0.25, 0.3) is 5.91 Å². The molecule has 23 heavy (non-hydrogen) atoms. The van der Waals surface area contributed by atoms with Crippen LogP contribution in [0.15, 0.2) is 41.4 Å². The highest BCUT2D eigenvalue weighted by Gasteiger charge is 2.15. The van der Waals surface area contributed by atoms with Crippen molar-refractivity contribution in [1.82, 2.24) is 10.3 Å². The number of amides is 1. The van der Waals surface area contributed by atoms with Gasteiger partial charge in [0.1, 0.15) is 4.90 Å². The standard InChI is InChI=1S/C16H19N3O3S/c1-11-5-3-4-6-13(11)7-8-18-16(20)15-9-14(23(17,21)22)10-19-12(15)2/h3-6,9-10H,7-8H2,1-2H3,(H,18,20)(H2,17,21,22). The van der Waals surface area contributed by atoms with Crippen molar-refractivity contribution >= 4 is 15.9 Å². The summed E-state index contributed by atoms with van der Waals surface area (Å²) in [6, 6.07) is 9.19. The van der Waals surface area contributed by atoms with Crippen molar-refractivity contribution in [3.63, 3.8) is 0 Å². The average molecular weight is 333 g/mol. The molecule has 0 atom stereocenters. The van der Waals surface area contributed by atoms with Crippen LogP contribution >= 0.6 is 0 Å². The van der Waals surface area contributed by atoms with Gasteiger partial charge in [0.2, 0.25) is 10.0 Å². The molecule has 0 bridgehead atoms. The first-order valence-corrected chi connectivity index (χ1v) is 8.66. The zero-order chi connectivity index (χ0) is 17.0. The van der Waals surface area contributed by atoms with Gasteiger partial charge in [-0.3, -0.25) is 9.78 Å². The molecule has 0 aliphatic heterocycles. The molecule has 0 saturated carbocycles. The third kappa shape index (κ3) is 4.37. The van der Waals surface area contributed by atoms with E-state index < -0.39 is 10.0 Å². The first-order chi connectivity index (χ1) is 10.8. The second-order valence-corrected chi connectivity index (χ2v) is 6.84. The Kier molecular flexibility index (Phi) is 5.12. The van der Waals surface area contributed by atoms with Crippen LogP contribution in [0.3, 0.4) is 0 Å². The van der Waals surface area contributed by atoms with E-state index in [9.17, 15) is 13.2 Å². The summed E-state index contributed by atoms with van der Waals surface area (Å²) in [5, 5.41) is 7.85. The minimum absolute atomic E-state index is 0.174. The van der Waals surface area contributed by atoms with Crippen LogP contribution < -0.4 is 10.5 Å². The van der Waals surface area contributed by atoms with Crippen LogP contribution in [0.25, 0.3) is 0 Å². The predicted molar refractivity (Wildman–Crippen MR) is 87.6 cm³/mol. The Morgan fingerprint density at radius 3 is 2.61 bits per heavy atom. The Hall–Kier alpha value is -2.25. The molecule has 7 heteroatoms. The van der Waals surface area contributed by atoms with Crippen LogP contribution in [0.5, 0.6) is 0 Å². The van der Waals surface area contributed by atoms with E-state index in [-0.39, 0.29) is 16.4 Å². The molecule has 0 fully saturated rings. The number of nitrogens with two attached hydrogens (primary N) is 1. The number of hydrogen-bond donors (Lipinski definition) is 2. The van der Waals surface area contributed by atoms with E-state index in [0.29, 0.717) is 18.7 Å². The van der Waals surface area contributed by atoms with Gasteiger partial charge in [-0.2, -0.15) is 0 Å². The van der Waals surface area contributed by atoms with E-state index in [2.05, 4.69) is 10.3 Å². The fourth-order valence-electron chi connectivity index (χ4n) is 2.20. The van der Waals surface area contributed by atoms with E-state index in [0.717, 1.165) is 17.3 Å². The number of rotatable bonds is 5. The molecule has 0 radical (unpaired) electrons. The quantitative estimate of drug-likeness (QED) is 0.861. The number of hydrogen-bond acceptors (Lipinski definition) is 4. The SMILES string of the molecule is Cc1ccccc1CCNC(=O)c1cc(S(N)(=O)=O)cnc1C. The zero-order valence-corrected chi connectivity index (χ0v) is 13.9. The van der Waals surface area contributed by atoms with E-state index in [1.54, 1.807) is 6.92 Å². The smallest absolute Gasteiger partial charge is 0.253 e. The minimum atomic E-state index is -3.89. The molecule has 2 aromatic rings. The Morgan fingerprint density at radius 2 is 1.96 bits per heavy atom. The van der Waals surface area contributed by atoms with Gasteiger partial charge in [-0.15, -0.1) is 0 Å². The molecule has 1 aromatic heterocycles. The largest absolute Gasteiger partial charge is 0.352 e. The van der Waals surface area contributed by atoms with Crippen molar-refractivity contribution in [1.29, 1.82) is 0 Å². The highest BCUT2D eigenvalue weighted by atomic mass is 32.2. The summed E-state index contributed by atoms with van der Waals surface area (Å²) in [4.78, 5) is 16.0. The summed E-state index contributed by atoms with van der Waals surface area (Å²) in [7, 11) is -3.89. The monoisotopic (exact) mass is 333 g/mol. The normalized spacial score (nSPS) is 11.3. The molecule has 0 aliphatic carbocycles. The van der Waals surface area contributed by atoms with E-state index >= 15 is 0 Å². The minimum Gasteiger partial charge on any atom is -0.352 e. The number of primary sulfonamides is 1. The lowest BCUT2D eigenvalue weighted by Crippen LogP contribution is -2.27. The van der Waals surface area contributed by atoms with Crippen LogP contribution in [0.4, 0.5) is 0 Å². The summed E-state index contributed by atoms with van der Waals surface area (Å²) in [6.07, 6.45) is 1.84. The fraction of sp³-hybridized carbons (Fsp3) is 0.250. The van der Waals surface area contributed by atoms with Crippen molar-refractivity contribution in [2.75, 3.05) is 6.54 Å². The van der Waals surface area contributed by atoms with Crippen LogP contribution in [0.1, 0.15) is 27.2 Å². The van der Waals surface area contributed by atoms with Gasteiger partial charge in [-0.05, 0) is 37.5 Å². The number of nitrogens with one attached hydrogen (secondary N) is 1. The summed E-state index contributed by atoms with van der Waals surface area (Å²) in [6.45, 7) is 4.10. The summed E-state index contributed by atoms with van der Waals surface area (Å²) < 4.78 is 22.7. The third-order valence-corrected chi connectivity index (χ3v) is 4.46. The third-order valence-electron chi connectivity index (χ3n) is 3.58. The highest BCUT2D eigenvalue weighted by Crippen LogP contribution is 2.12. The number of sulfonamides is 1.